The summed E-state index contributed by atoms with van der Waals surface area (Å²) in [6.45, 7) is 6.02. The zero-order valence-electron chi connectivity index (χ0n) is 18.8. The summed E-state index contributed by atoms with van der Waals surface area (Å²) < 4.78 is 24.9. The molecular weight excluding hydrogens is 447 g/mol. The smallest absolute Gasteiger partial charge is 0.184 e. The first-order chi connectivity index (χ1) is 15.3. The fourth-order valence-electron chi connectivity index (χ4n) is 3.57. The fraction of sp³-hybridized carbons (Fsp3) is 0.320. The summed E-state index contributed by atoms with van der Waals surface area (Å²) in [5.41, 5.74) is 3.94. The number of ether oxygens (including phenoxy) is 2. The Balaban J connectivity index is 1.92. The normalized spacial score (nSPS) is 12.8. The van der Waals surface area contributed by atoms with Gasteiger partial charge in [0, 0.05) is 23.5 Å². The molecule has 0 amide bonds. The Morgan fingerprint density at radius 2 is 1.94 bits per heavy atom. The molecule has 0 bridgehead atoms. The highest BCUT2D eigenvalue weighted by Gasteiger charge is 2.24. The summed E-state index contributed by atoms with van der Waals surface area (Å²) in [6.07, 6.45) is 5.87. The molecule has 32 heavy (non-hydrogen) atoms. The Morgan fingerprint density at radius 1 is 1.19 bits per heavy atom. The summed E-state index contributed by atoms with van der Waals surface area (Å²) in [6, 6.07) is 8.47. The van der Waals surface area contributed by atoms with Crippen LogP contribution in [0.1, 0.15) is 27.5 Å². The van der Waals surface area contributed by atoms with Crippen molar-refractivity contribution in [1.82, 2.24) is 4.98 Å². The molecule has 1 heterocycles. The van der Waals surface area contributed by atoms with Gasteiger partial charge in [-0.3, -0.25) is 0 Å². The zero-order valence-corrected chi connectivity index (χ0v) is 20.3. The highest BCUT2D eigenvalue weighted by molar-refractivity contribution is 7.16. The van der Waals surface area contributed by atoms with Crippen LogP contribution in [0.15, 0.2) is 30.3 Å². The predicted octanol–water partition coefficient (Wildman–Crippen LogP) is 6.38. The molecule has 7 heteroatoms. The molecule has 3 aromatic rings. The number of thiazole rings is 1. The van der Waals surface area contributed by atoms with Crippen LogP contribution >= 0.6 is 22.9 Å². The minimum absolute atomic E-state index is 0.250. The van der Waals surface area contributed by atoms with Crippen molar-refractivity contribution < 1.29 is 13.9 Å². The molecular formula is C25H26ClFN2O2S. The van der Waals surface area contributed by atoms with Crippen molar-refractivity contribution in [3.05, 3.63) is 62.7 Å². The average molecular weight is 473 g/mol. The lowest BCUT2D eigenvalue weighted by Crippen LogP contribution is -2.29. The van der Waals surface area contributed by atoms with Crippen LogP contribution in [-0.4, -0.2) is 31.9 Å². The number of nitrogens with zero attached hydrogens (tertiary/aromatic N) is 1. The predicted molar refractivity (Wildman–Crippen MR) is 131 cm³/mol. The zero-order chi connectivity index (χ0) is 23.4. The van der Waals surface area contributed by atoms with E-state index < -0.39 is 6.04 Å². The molecule has 2 atom stereocenters. The van der Waals surface area contributed by atoms with Gasteiger partial charge in [-0.05, 0) is 55.7 Å². The quantitative estimate of drug-likeness (QED) is 0.386. The molecule has 0 saturated carbocycles. The van der Waals surface area contributed by atoms with Gasteiger partial charge in [-0.2, -0.15) is 0 Å². The van der Waals surface area contributed by atoms with E-state index in [4.69, 9.17) is 32.5 Å². The minimum Gasteiger partial charge on any atom is -0.496 e. The molecule has 0 fully saturated rings. The van der Waals surface area contributed by atoms with E-state index in [9.17, 15) is 4.39 Å². The Kier molecular flexibility index (Phi) is 7.78. The SMILES string of the molecule is C#CC(Nc1nc(-c2cc(C)c(OC)cc2Cl)c(C)s1)[C@H](COC)c1ccc(C)c(F)c1. The summed E-state index contributed by atoms with van der Waals surface area (Å²) in [4.78, 5) is 5.76. The summed E-state index contributed by atoms with van der Waals surface area (Å²) in [5.74, 6) is 2.99. The standard InChI is InChI=1S/C25H26ClFN2O2S/c1-7-22(19(13-30-5)17-9-8-14(2)21(27)11-17)28-25-29-24(16(4)32-25)18-10-15(3)23(31-6)12-20(18)26/h1,8-12,19,22H,13H2,2-6H3,(H,28,29)/t19-,22?/m1/s1. The number of nitrogens with one attached hydrogen (secondary N) is 1. The Bertz CT molecular complexity index is 1160. The first kappa shape index (κ1) is 24.1. The molecule has 0 aliphatic rings. The summed E-state index contributed by atoms with van der Waals surface area (Å²) in [7, 11) is 3.22. The maximum absolute atomic E-state index is 14.2. The average Bonchev–Trinajstić information content (AvgIpc) is 3.13. The lowest BCUT2D eigenvalue weighted by atomic mass is 9.91. The number of anilines is 1. The van der Waals surface area contributed by atoms with Gasteiger partial charge in [0.25, 0.3) is 0 Å². The molecule has 168 valence electrons. The van der Waals surface area contributed by atoms with E-state index in [1.807, 2.05) is 26.0 Å². The van der Waals surface area contributed by atoms with Crippen molar-refractivity contribution in [2.45, 2.75) is 32.7 Å². The van der Waals surface area contributed by atoms with Crippen LogP contribution in [0.5, 0.6) is 5.75 Å². The molecule has 3 rings (SSSR count). The van der Waals surface area contributed by atoms with Gasteiger partial charge in [0.05, 0.1) is 30.5 Å². The van der Waals surface area contributed by atoms with Crippen LogP contribution in [0, 0.1) is 38.9 Å². The Morgan fingerprint density at radius 3 is 2.56 bits per heavy atom. The third kappa shape index (κ3) is 5.07. The van der Waals surface area contributed by atoms with Crippen molar-refractivity contribution in [3.63, 3.8) is 0 Å². The topological polar surface area (TPSA) is 43.4 Å². The Labute approximate surface area is 197 Å². The molecule has 0 saturated heterocycles. The maximum atomic E-state index is 14.2. The van der Waals surface area contributed by atoms with Crippen LogP contribution in [-0.2, 0) is 4.74 Å². The van der Waals surface area contributed by atoms with Crippen molar-refractivity contribution in [2.75, 3.05) is 26.1 Å². The number of halogens is 2. The molecule has 0 spiro atoms. The van der Waals surface area contributed by atoms with Crippen LogP contribution in [0.2, 0.25) is 5.02 Å². The van der Waals surface area contributed by atoms with Crippen LogP contribution in [0.25, 0.3) is 11.3 Å². The van der Waals surface area contributed by atoms with Gasteiger partial charge in [0.15, 0.2) is 5.13 Å². The molecule has 1 N–H and O–H groups in total. The molecule has 4 nitrogen and oxygen atoms in total. The van der Waals surface area contributed by atoms with Gasteiger partial charge in [0.1, 0.15) is 11.6 Å². The molecule has 0 aliphatic carbocycles. The van der Waals surface area contributed by atoms with Gasteiger partial charge >= 0.3 is 0 Å². The van der Waals surface area contributed by atoms with E-state index in [1.54, 1.807) is 33.3 Å². The van der Waals surface area contributed by atoms with Crippen LogP contribution in [0.3, 0.4) is 0 Å². The lowest BCUT2D eigenvalue weighted by Gasteiger charge is -2.24. The molecule has 2 aromatic carbocycles. The number of hydrogen-bond acceptors (Lipinski definition) is 5. The second-order valence-electron chi connectivity index (χ2n) is 7.58. The van der Waals surface area contributed by atoms with Crippen LogP contribution in [0.4, 0.5) is 9.52 Å². The van der Waals surface area contributed by atoms with E-state index in [1.165, 1.54) is 17.4 Å². The number of aryl methyl sites for hydroxylation is 3. The number of rotatable bonds is 8. The summed E-state index contributed by atoms with van der Waals surface area (Å²) >= 11 is 8.00. The van der Waals surface area contributed by atoms with E-state index >= 15 is 0 Å². The largest absolute Gasteiger partial charge is 0.496 e. The number of benzene rings is 2. The first-order valence-corrected chi connectivity index (χ1v) is 11.3. The maximum Gasteiger partial charge on any atom is 0.184 e. The highest BCUT2D eigenvalue weighted by atomic mass is 35.5. The van der Waals surface area contributed by atoms with Gasteiger partial charge in [-0.1, -0.05) is 29.7 Å². The highest BCUT2D eigenvalue weighted by Crippen LogP contribution is 2.38. The van der Waals surface area contributed by atoms with Crippen molar-refractivity contribution in [2.24, 2.45) is 0 Å². The second kappa shape index (κ2) is 10.4. The van der Waals surface area contributed by atoms with Gasteiger partial charge in [0.2, 0.25) is 0 Å². The third-order valence-corrected chi connectivity index (χ3v) is 6.58. The van der Waals surface area contributed by atoms with Gasteiger partial charge in [-0.15, -0.1) is 17.8 Å². The van der Waals surface area contributed by atoms with Crippen molar-refractivity contribution in [1.29, 1.82) is 0 Å². The van der Waals surface area contributed by atoms with Crippen LogP contribution < -0.4 is 10.1 Å². The molecule has 1 unspecified atom stereocenters. The minimum atomic E-state index is -0.441. The number of terminal acetylenes is 1. The Hall–Kier alpha value is -2.59. The number of methoxy groups -OCH3 is 2. The van der Waals surface area contributed by atoms with Crippen molar-refractivity contribution >= 4 is 28.1 Å². The monoisotopic (exact) mass is 472 g/mol. The fourth-order valence-corrected chi connectivity index (χ4v) is 4.68. The van der Waals surface area contributed by atoms with E-state index in [2.05, 4.69) is 11.2 Å². The number of hydrogen-bond donors (Lipinski definition) is 1. The second-order valence-corrected chi connectivity index (χ2v) is 9.20. The number of aromatic nitrogens is 1. The lowest BCUT2D eigenvalue weighted by molar-refractivity contribution is 0.177. The van der Waals surface area contributed by atoms with Gasteiger partial charge in [-0.25, -0.2) is 9.37 Å². The molecule has 1 aromatic heterocycles. The van der Waals surface area contributed by atoms with E-state index in [-0.39, 0.29) is 11.7 Å². The molecule has 0 aliphatic heterocycles. The third-order valence-electron chi connectivity index (χ3n) is 5.37. The van der Waals surface area contributed by atoms with E-state index in [0.29, 0.717) is 22.3 Å². The molecule has 0 radical (unpaired) electrons. The van der Waals surface area contributed by atoms with Crippen molar-refractivity contribution in [3.8, 4) is 29.4 Å². The van der Waals surface area contributed by atoms with Gasteiger partial charge < -0.3 is 14.8 Å². The van der Waals surface area contributed by atoms with E-state index in [0.717, 1.165) is 33.0 Å². The first-order valence-electron chi connectivity index (χ1n) is 10.1. The summed E-state index contributed by atoms with van der Waals surface area (Å²) in [5, 5.41) is 4.56.